The van der Waals surface area contributed by atoms with E-state index in [-0.39, 0.29) is 5.41 Å². The van der Waals surface area contributed by atoms with Crippen molar-refractivity contribution in [3.8, 4) is 0 Å². The molecule has 1 N–H and O–H groups in total. The number of rotatable bonds is 2. The average molecular weight is 350 g/mol. The summed E-state index contributed by atoms with van der Waals surface area (Å²) in [6, 6.07) is 10.7. The standard InChI is InChI=1S/C20H22N4S/c1-20(2,3)17-11-15-18(21-12-22-19(15)25-17)24-23-16-10-6-8-13-7-4-5-9-14(13)16/h4-5,7,9,11-12H,6,8,10H2,1-3H3,(H,21,22,24). The molecule has 25 heavy (non-hydrogen) atoms. The van der Waals surface area contributed by atoms with Crippen LogP contribution < -0.4 is 5.43 Å². The molecule has 128 valence electrons. The number of thiophene rings is 1. The van der Waals surface area contributed by atoms with E-state index < -0.39 is 0 Å². The summed E-state index contributed by atoms with van der Waals surface area (Å²) in [6.45, 7) is 6.66. The zero-order valence-corrected chi connectivity index (χ0v) is 15.7. The maximum Gasteiger partial charge on any atom is 0.158 e. The Bertz CT molecular complexity index is 950. The van der Waals surface area contributed by atoms with Gasteiger partial charge in [0.05, 0.1) is 11.1 Å². The molecule has 1 aromatic carbocycles. The molecule has 2 heterocycles. The Morgan fingerprint density at radius 2 is 1.96 bits per heavy atom. The first kappa shape index (κ1) is 16.2. The Morgan fingerprint density at radius 1 is 1.12 bits per heavy atom. The first-order chi connectivity index (χ1) is 12.0. The number of anilines is 1. The van der Waals surface area contributed by atoms with E-state index in [4.69, 9.17) is 5.10 Å². The highest BCUT2D eigenvalue weighted by atomic mass is 32.1. The molecule has 0 radical (unpaired) electrons. The zero-order chi connectivity index (χ0) is 17.4. The lowest BCUT2D eigenvalue weighted by Crippen LogP contribution is -2.13. The highest BCUT2D eigenvalue weighted by Gasteiger charge is 2.19. The van der Waals surface area contributed by atoms with Gasteiger partial charge in [0.15, 0.2) is 5.82 Å². The van der Waals surface area contributed by atoms with Crippen LogP contribution >= 0.6 is 11.3 Å². The smallest absolute Gasteiger partial charge is 0.158 e. The topological polar surface area (TPSA) is 50.2 Å². The van der Waals surface area contributed by atoms with Gasteiger partial charge in [-0.05, 0) is 36.3 Å². The van der Waals surface area contributed by atoms with Crippen molar-refractivity contribution in [2.45, 2.75) is 45.4 Å². The lowest BCUT2D eigenvalue weighted by molar-refractivity contribution is 0.604. The molecule has 5 heteroatoms. The lowest BCUT2D eigenvalue weighted by Gasteiger charge is -2.17. The Morgan fingerprint density at radius 3 is 2.80 bits per heavy atom. The molecule has 4 rings (SSSR count). The molecular formula is C20H22N4S. The third-order valence-corrected chi connectivity index (χ3v) is 6.02. The van der Waals surface area contributed by atoms with Crippen LogP contribution in [0.15, 0.2) is 41.8 Å². The summed E-state index contributed by atoms with van der Waals surface area (Å²) in [5, 5.41) is 5.74. The third kappa shape index (κ3) is 3.16. The molecule has 0 fully saturated rings. The molecule has 2 aromatic heterocycles. The summed E-state index contributed by atoms with van der Waals surface area (Å²) in [6.07, 6.45) is 4.88. The monoisotopic (exact) mass is 350 g/mol. The number of hydrogen-bond donors (Lipinski definition) is 1. The Balaban J connectivity index is 1.69. The van der Waals surface area contributed by atoms with E-state index in [1.807, 2.05) is 0 Å². The first-order valence-electron chi connectivity index (χ1n) is 8.68. The SMILES string of the molecule is CC(C)(C)c1cc2c(NN=C3CCCc4ccccc43)ncnc2s1. The molecule has 0 atom stereocenters. The van der Waals surface area contributed by atoms with Crippen molar-refractivity contribution < 1.29 is 0 Å². The molecule has 4 nitrogen and oxygen atoms in total. The van der Waals surface area contributed by atoms with Crippen LogP contribution in [0, 0.1) is 0 Å². The van der Waals surface area contributed by atoms with Crippen molar-refractivity contribution in [1.82, 2.24) is 9.97 Å². The number of nitrogens with zero attached hydrogens (tertiary/aromatic N) is 3. The second-order valence-corrected chi connectivity index (χ2v) is 8.51. The van der Waals surface area contributed by atoms with Crippen molar-refractivity contribution >= 4 is 33.1 Å². The fraction of sp³-hybridized carbons (Fsp3) is 0.350. The predicted octanol–water partition coefficient (Wildman–Crippen LogP) is 5.14. The van der Waals surface area contributed by atoms with Gasteiger partial charge in [0.25, 0.3) is 0 Å². The van der Waals surface area contributed by atoms with E-state index in [1.54, 1.807) is 17.7 Å². The summed E-state index contributed by atoms with van der Waals surface area (Å²) >= 11 is 1.73. The normalized spacial score (nSPS) is 16.2. The maximum absolute atomic E-state index is 4.70. The van der Waals surface area contributed by atoms with Crippen LogP contribution in [-0.2, 0) is 11.8 Å². The highest BCUT2D eigenvalue weighted by Crippen LogP contribution is 2.35. The number of hydrazone groups is 1. The highest BCUT2D eigenvalue weighted by molar-refractivity contribution is 7.18. The van der Waals surface area contributed by atoms with Gasteiger partial charge < -0.3 is 0 Å². The summed E-state index contributed by atoms with van der Waals surface area (Å²) in [5.74, 6) is 0.785. The summed E-state index contributed by atoms with van der Waals surface area (Å²) in [5.41, 5.74) is 7.06. The van der Waals surface area contributed by atoms with Gasteiger partial charge in [-0.1, -0.05) is 45.0 Å². The Hall–Kier alpha value is -2.27. The second-order valence-electron chi connectivity index (χ2n) is 7.48. The molecule has 0 saturated heterocycles. The van der Waals surface area contributed by atoms with Gasteiger partial charge in [-0.2, -0.15) is 5.10 Å². The fourth-order valence-corrected chi connectivity index (χ4v) is 4.21. The molecule has 0 aliphatic heterocycles. The molecule has 1 aliphatic carbocycles. The van der Waals surface area contributed by atoms with E-state index in [0.29, 0.717) is 0 Å². The van der Waals surface area contributed by atoms with Gasteiger partial charge in [-0.3, -0.25) is 5.43 Å². The van der Waals surface area contributed by atoms with Crippen LogP contribution in [0.1, 0.15) is 49.6 Å². The average Bonchev–Trinajstić information content (AvgIpc) is 3.05. The lowest BCUT2D eigenvalue weighted by atomic mass is 9.90. The maximum atomic E-state index is 4.70. The van der Waals surface area contributed by atoms with E-state index in [0.717, 1.165) is 41.0 Å². The molecular weight excluding hydrogens is 328 g/mol. The van der Waals surface area contributed by atoms with Crippen LogP contribution in [0.4, 0.5) is 5.82 Å². The van der Waals surface area contributed by atoms with Crippen LogP contribution in [0.3, 0.4) is 0 Å². The summed E-state index contributed by atoms with van der Waals surface area (Å²) in [7, 11) is 0. The second kappa shape index (κ2) is 6.23. The molecule has 0 spiro atoms. The van der Waals surface area contributed by atoms with Gasteiger partial charge in [0.2, 0.25) is 0 Å². The molecule has 0 bridgehead atoms. The Kier molecular flexibility index (Phi) is 4.04. The summed E-state index contributed by atoms with van der Waals surface area (Å²) < 4.78 is 0. The number of nitrogens with one attached hydrogen (secondary N) is 1. The van der Waals surface area contributed by atoms with Crippen LogP contribution in [0.5, 0.6) is 0 Å². The van der Waals surface area contributed by atoms with Gasteiger partial charge in [0, 0.05) is 10.4 Å². The molecule has 3 aromatic rings. The fourth-order valence-electron chi connectivity index (χ4n) is 3.15. The minimum Gasteiger partial charge on any atom is -0.260 e. The molecule has 0 saturated carbocycles. The van der Waals surface area contributed by atoms with Crippen molar-refractivity contribution in [3.05, 3.63) is 52.7 Å². The third-order valence-electron chi connectivity index (χ3n) is 4.55. The largest absolute Gasteiger partial charge is 0.260 e. The minimum absolute atomic E-state index is 0.108. The number of aryl methyl sites for hydroxylation is 1. The molecule has 0 amide bonds. The quantitative estimate of drug-likeness (QED) is 0.651. The number of fused-ring (bicyclic) bond motifs is 2. The van der Waals surface area contributed by atoms with E-state index in [9.17, 15) is 0 Å². The molecule has 1 aliphatic rings. The van der Waals surface area contributed by atoms with Crippen LogP contribution in [0.25, 0.3) is 10.2 Å². The van der Waals surface area contributed by atoms with E-state index in [2.05, 4.69) is 66.5 Å². The zero-order valence-electron chi connectivity index (χ0n) is 14.8. The van der Waals surface area contributed by atoms with Crippen LogP contribution in [-0.4, -0.2) is 15.7 Å². The van der Waals surface area contributed by atoms with Crippen molar-refractivity contribution in [2.75, 3.05) is 5.43 Å². The van der Waals surface area contributed by atoms with Gasteiger partial charge in [-0.15, -0.1) is 11.3 Å². The van der Waals surface area contributed by atoms with Crippen molar-refractivity contribution in [1.29, 1.82) is 0 Å². The summed E-state index contributed by atoms with van der Waals surface area (Å²) in [4.78, 5) is 11.2. The number of hydrogen-bond acceptors (Lipinski definition) is 5. The van der Waals surface area contributed by atoms with E-state index >= 15 is 0 Å². The van der Waals surface area contributed by atoms with Crippen molar-refractivity contribution in [2.24, 2.45) is 5.10 Å². The van der Waals surface area contributed by atoms with Gasteiger partial charge >= 0.3 is 0 Å². The predicted molar refractivity (Wildman–Crippen MR) is 106 cm³/mol. The molecule has 0 unspecified atom stereocenters. The van der Waals surface area contributed by atoms with Crippen LogP contribution in [0.2, 0.25) is 0 Å². The van der Waals surface area contributed by atoms with Gasteiger partial charge in [0.1, 0.15) is 11.2 Å². The van der Waals surface area contributed by atoms with Crippen molar-refractivity contribution in [3.63, 3.8) is 0 Å². The van der Waals surface area contributed by atoms with E-state index in [1.165, 1.54) is 16.0 Å². The Labute approximate surface area is 152 Å². The first-order valence-corrected chi connectivity index (χ1v) is 9.50. The number of aromatic nitrogens is 2. The van der Waals surface area contributed by atoms with Gasteiger partial charge in [-0.25, -0.2) is 9.97 Å². The minimum atomic E-state index is 0.108. The number of benzene rings is 1.